The predicted octanol–water partition coefficient (Wildman–Crippen LogP) is 3.00. The van der Waals surface area contributed by atoms with Gasteiger partial charge < -0.3 is 15.3 Å². The molecule has 22 heavy (non-hydrogen) atoms. The third-order valence-electron chi connectivity index (χ3n) is 5.32. The highest BCUT2D eigenvalue weighted by Gasteiger charge is 2.43. The molecule has 0 radical (unpaired) electrons. The minimum absolute atomic E-state index is 0.0115. The van der Waals surface area contributed by atoms with Gasteiger partial charge in [0.2, 0.25) is 0 Å². The van der Waals surface area contributed by atoms with Gasteiger partial charge in [0.25, 0.3) is 5.91 Å². The van der Waals surface area contributed by atoms with Crippen molar-refractivity contribution in [1.29, 1.82) is 0 Å². The quantitative estimate of drug-likeness (QED) is 0.899. The molecule has 0 heterocycles. The van der Waals surface area contributed by atoms with Crippen LogP contribution in [0, 0.1) is 11.8 Å². The van der Waals surface area contributed by atoms with Gasteiger partial charge in [0.15, 0.2) is 0 Å². The van der Waals surface area contributed by atoms with Crippen molar-refractivity contribution in [1.82, 2.24) is 4.90 Å². The maximum absolute atomic E-state index is 12.8. The summed E-state index contributed by atoms with van der Waals surface area (Å²) in [5, 5.41) is 13.4. The smallest absolute Gasteiger partial charge is 0.255 e. The molecule has 2 saturated carbocycles. The van der Waals surface area contributed by atoms with E-state index in [1.807, 2.05) is 18.0 Å². The first kappa shape index (κ1) is 15.6. The van der Waals surface area contributed by atoms with E-state index in [-0.39, 0.29) is 18.1 Å². The molecule has 4 nitrogen and oxygen atoms in total. The van der Waals surface area contributed by atoms with Crippen molar-refractivity contribution >= 4 is 23.2 Å². The summed E-state index contributed by atoms with van der Waals surface area (Å²) in [7, 11) is 3.69. The van der Waals surface area contributed by atoms with E-state index in [0.717, 1.165) is 31.4 Å². The Morgan fingerprint density at radius 2 is 1.91 bits per heavy atom. The molecule has 4 atom stereocenters. The zero-order valence-corrected chi connectivity index (χ0v) is 13.8. The van der Waals surface area contributed by atoms with Crippen LogP contribution in [-0.2, 0) is 0 Å². The molecule has 1 amide bonds. The number of hydrogen-bond donors (Lipinski definition) is 2. The first-order valence-electron chi connectivity index (χ1n) is 7.92. The van der Waals surface area contributed by atoms with Gasteiger partial charge in [0, 0.05) is 30.8 Å². The van der Waals surface area contributed by atoms with E-state index in [2.05, 4.69) is 5.32 Å². The Hall–Kier alpha value is -1.26. The van der Waals surface area contributed by atoms with Gasteiger partial charge in [0.1, 0.15) is 0 Å². The summed E-state index contributed by atoms with van der Waals surface area (Å²) < 4.78 is 0. The van der Waals surface area contributed by atoms with Crippen molar-refractivity contribution in [2.75, 3.05) is 19.4 Å². The number of rotatable bonds is 3. The van der Waals surface area contributed by atoms with Crippen LogP contribution in [0.5, 0.6) is 0 Å². The number of halogens is 1. The highest BCUT2D eigenvalue weighted by molar-refractivity contribution is 6.31. The minimum Gasteiger partial charge on any atom is -0.393 e. The molecule has 2 aliphatic carbocycles. The van der Waals surface area contributed by atoms with Gasteiger partial charge in [-0.1, -0.05) is 11.6 Å². The number of hydrogen-bond acceptors (Lipinski definition) is 3. The molecule has 2 unspecified atom stereocenters. The Bertz CT molecular complexity index is 564. The number of nitrogens with one attached hydrogen (secondary N) is 1. The first-order valence-corrected chi connectivity index (χ1v) is 8.30. The number of anilines is 1. The highest BCUT2D eigenvalue weighted by atomic mass is 35.5. The Morgan fingerprint density at radius 1 is 1.27 bits per heavy atom. The van der Waals surface area contributed by atoms with E-state index in [9.17, 15) is 9.90 Å². The normalized spacial score (nSPS) is 30.2. The summed E-state index contributed by atoms with van der Waals surface area (Å²) in [5.74, 6) is 1.15. The van der Waals surface area contributed by atoms with Gasteiger partial charge in [0.05, 0.1) is 11.7 Å². The van der Waals surface area contributed by atoms with Crippen molar-refractivity contribution in [2.45, 2.75) is 37.8 Å². The third kappa shape index (κ3) is 2.82. The molecule has 0 saturated heterocycles. The number of aliphatic hydroxyl groups is 1. The number of aliphatic hydroxyl groups excluding tert-OH is 1. The fourth-order valence-corrected chi connectivity index (χ4v) is 4.31. The predicted molar refractivity (Wildman–Crippen MR) is 88.3 cm³/mol. The van der Waals surface area contributed by atoms with E-state index in [0.29, 0.717) is 22.4 Å². The van der Waals surface area contributed by atoms with Crippen LogP contribution in [-0.4, -0.2) is 42.2 Å². The van der Waals surface area contributed by atoms with E-state index in [1.54, 1.807) is 19.2 Å². The van der Waals surface area contributed by atoms with Gasteiger partial charge in [-0.05, 0) is 55.7 Å². The van der Waals surface area contributed by atoms with Crippen molar-refractivity contribution in [3.63, 3.8) is 0 Å². The number of carbonyl (C=O) groups is 1. The number of fused-ring (bicyclic) bond motifs is 1. The molecule has 2 N–H and O–H groups in total. The van der Waals surface area contributed by atoms with Crippen LogP contribution in [0.1, 0.15) is 36.0 Å². The summed E-state index contributed by atoms with van der Waals surface area (Å²) in [5.41, 5.74) is 1.42. The molecule has 0 spiro atoms. The molecule has 0 aliphatic heterocycles. The fraction of sp³-hybridized carbons (Fsp3) is 0.588. The molecule has 120 valence electrons. The van der Waals surface area contributed by atoms with Crippen LogP contribution in [0.3, 0.4) is 0 Å². The SMILES string of the molecule is CNc1ccc(Cl)cc1C(=O)N(C)C1C[C@H]2CC(O)C[C@H]2C1. The Balaban J connectivity index is 1.74. The molecule has 5 heteroatoms. The van der Waals surface area contributed by atoms with Crippen molar-refractivity contribution < 1.29 is 9.90 Å². The molecule has 1 aromatic rings. The molecule has 0 aromatic heterocycles. The van der Waals surface area contributed by atoms with Crippen molar-refractivity contribution in [3.8, 4) is 0 Å². The molecule has 3 rings (SSSR count). The lowest BCUT2D eigenvalue weighted by atomic mass is 10.0. The van der Waals surface area contributed by atoms with Crippen LogP contribution in [0.25, 0.3) is 0 Å². The average molecular weight is 323 g/mol. The lowest BCUT2D eigenvalue weighted by Gasteiger charge is -2.26. The fourth-order valence-electron chi connectivity index (χ4n) is 4.14. The largest absolute Gasteiger partial charge is 0.393 e. The van der Waals surface area contributed by atoms with Crippen LogP contribution in [0.4, 0.5) is 5.69 Å². The van der Waals surface area contributed by atoms with E-state index in [1.165, 1.54) is 0 Å². The number of benzene rings is 1. The number of nitrogens with zero attached hydrogens (tertiary/aromatic N) is 1. The van der Waals surface area contributed by atoms with Crippen molar-refractivity contribution in [3.05, 3.63) is 28.8 Å². The summed E-state index contributed by atoms with van der Waals surface area (Å²) >= 11 is 6.05. The maximum atomic E-state index is 12.8. The van der Waals surface area contributed by atoms with Gasteiger partial charge in [-0.15, -0.1) is 0 Å². The zero-order valence-electron chi connectivity index (χ0n) is 13.1. The minimum atomic E-state index is -0.138. The molecular formula is C17H23ClN2O2. The maximum Gasteiger partial charge on any atom is 0.255 e. The standard InChI is InChI=1S/C17H23ClN2O2/c1-19-16-4-3-12(18)9-15(16)17(22)20(2)13-5-10-7-14(21)8-11(10)6-13/h3-4,9-11,13-14,19,21H,5-8H2,1-2H3/t10-,11+,13?,14?. The van der Waals surface area contributed by atoms with Crippen LogP contribution in [0.15, 0.2) is 18.2 Å². The van der Waals surface area contributed by atoms with E-state index in [4.69, 9.17) is 11.6 Å². The van der Waals surface area contributed by atoms with E-state index >= 15 is 0 Å². The molecule has 2 aliphatic rings. The Morgan fingerprint density at radius 3 is 2.50 bits per heavy atom. The topological polar surface area (TPSA) is 52.6 Å². The molecular weight excluding hydrogens is 300 g/mol. The number of amides is 1. The summed E-state index contributed by atoms with van der Waals surface area (Å²) in [6.45, 7) is 0. The Labute approximate surface area is 136 Å². The van der Waals surface area contributed by atoms with Gasteiger partial charge in [-0.2, -0.15) is 0 Å². The highest BCUT2D eigenvalue weighted by Crippen LogP contribution is 2.45. The monoisotopic (exact) mass is 322 g/mol. The third-order valence-corrected chi connectivity index (χ3v) is 5.55. The number of carbonyl (C=O) groups excluding carboxylic acids is 1. The lowest BCUT2D eigenvalue weighted by molar-refractivity contribution is 0.0723. The second-order valence-electron chi connectivity index (χ2n) is 6.63. The van der Waals surface area contributed by atoms with Gasteiger partial charge in [-0.25, -0.2) is 0 Å². The second-order valence-corrected chi connectivity index (χ2v) is 7.06. The van der Waals surface area contributed by atoms with Crippen molar-refractivity contribution in [2.24, 2.45) is 11.8 Å². The average Bonchev–Trinajstić information content (AvgIpc) is 3.02. The zero-order chi connectivity index (χ0) is 15.9. The Kier molecular flexibility index (Phi) is 4.33. The van der Waals surface area contributed by atoms with Crippen LogP contribution >= 0.6 is 11.6 Å². The van der Waals surface area contributed by atoms with Gasteiger partial charge >= 0.3 is 0 Å². The van der Waals surface area contributed by atoms with Gasteiger partial charge in [-0.3, -0.25) is 4.79 Å². The second kappa shape index (κ2) is 6.09. The summed E-state index contributed by atoms with van der Waals surface area (Å²) in [4.78, 5) is 14.7. The summed E-state index contributed by atoms with van der Waals surface area (Å²) in [6.07, 6.45) is 3.64. The first-order chi connectivity index (χ1) is 10.5. The van der Waals surface area contributed by atoms with E-state index < -0.39 is 0 Å². The molecule has 0 bridgehead atoms. The van der Waals surface area contributed by atoms with Crippen LogP contribution < -0.4 is 5.32 Å². The molecule has 1 aromatic carbocycles. The van der Waals surface area contributed by atoms with Crippen LogP contribution in [0.2, 0.25) is 5.02 Å². The summed E-state index contributed by atoms with van der Waals surface area (Å²) in [6, 6.07) is 5.61. The molecule has 2 fully saturated rings. The lowest BCUT2D eigenvalue weighted by Crippen LogP contribution is -2.36.